The molecule has 7 heteroatoms. The zero-order chi connectivity index (χ0) is 17.7. The fourth-order valence-corrected chi connectivity index (χ4v) is 2.39. The monoisotopic (exact) mass is 339 g/mol. The average Bonchev–Trinajstić information content (AvgIpc) is 3.05. The van der Waals surface area contributed by atoms with Gasteiger partial charge in [-0.15, -0.1) is 0 Å². The van der Waals surface area contributed by atoms with Gasteiger partial charge in [-0.3, -0.25) is 9.67 Å². The molecule has 0 bridgehead atoms. The van der Waals surface area contributed by atoms with Crippen LogP contribution in [0.15, 0.2) is 55.2 Å². The second-order valence-electron chi connectivity index (χ2n) is 6.07. The Kier molecular flexibility index (Phi) is 5.06. The van der Waals surface area contributed by atoms with Crippen molar-refractivity contribution in [1.29, 1.82) is 0 Å². The molecule has 1 unspecified atom stereocenters. The first-order valence-electron chi connectivity index (χ1n) is 7.98. The summed E-state index contributed by atoms with van der Waals surface area (Å²) in [5.41, 5.74) is 0.909. The Morgan fingerprint density at radius 2 is 2.00 bits per heavy atom. The number of ether oxygens (including phenoxy) is 1. The SMILES string of the molecule is Cn1cc(C(C)(O)CNCc2ccc(Oc3cnccn3)cc2)cn1. The zero-order valence-electron chi connectivity index (χ0n) is 14.3. The Morgan fingerprint density at radius 1 is 1.20 bits per heavy atom. The van der Waals surface area contributed by atoms with Gasteiger partial charge in [0.1, 0.15) is 11.4 Å². The first-order chi connectivity index (χ1) is 12.0. The highest BCUT2D eigenvalue weighted by molar-refractivity contribution is 5.29. The maximum absolute atomic E-state index is 10.5. The lowest BCUT2D eigenvalue weighted by molar-refractivity contribution is 0.0566. The predicted molar refractivity (Wildman–Crippen MR) is 93.0 cm³/mol. The molecule has 0 aliphatic heterocycles. The summed E-state index contributed by atoms with van der Waals surface area (Å²) in [6.07, 6.45) is 8.25. The molecular formula is C18H21N5O2. The maximum Gasteiger partial charge on any atom is 0.237 e. The molecule has 0 radical (unpaired) electrons. The van der Waals surface area contributed by atoms with Crippen LogP contribution in [0.5, 0.6) is 11.6 Å². The minimum atomic E-state index is -0.969. The molecule has 0 amide bonds. The highest BCUT2D eigenvalue weighted by Crippen LogP contribution is 2.20. The summed E-state index contributed by atoms with van der Waals surface area (Å²) in [4.78, 5) is 8.03. The summed E-state index contributed by atoms with van der Waals surface area (Å²) in [7, 11) is 1.83. The lowest BCUT2D eigenvalue weighted by Crippen LogP contribution is -2.34. The van der Waals surface area contributed by atoms with E-state index >= 15 is 0 Å². The number of nitrogens with one attached hydrogen (secondary N) is 1. The number of hydrogen-bond acceptors (Lipinski definition) is 6. The Morgan fingerprint density at radius 3 is 2.64 bits per heavy atom. The molecule has 2 aromatic heterocycles. The third kappa shape index (κ3) is 4.62. The summed E-state index contributed by atoms with van der Waals surface area (Å²) < 4.78 is 7.29. The molecule has 2 N–H and O–H groups in total. The highest BCUT2D eigenvalue weighted by Gasteiger charge is 2.24. The van der Waals surface area contributed by atoms with E-state index in [0.29, 0.717) is 24.7 Å². The summed E-state index contributed by atoms with van der Waals surface area (Å²) >= 11 is 0. The standard InChI is InChI=1S/C18H21N5O2/c1-18(24,15-10-22-23(2)12-15)13-20-9-14-3-5-16(6-4-14)25-17-11-19-7-8-21-17/h3-8,10-12,20,24H,9,13H2,1-2H3. The summed E-state index contributed by atoms with van der Waals surface area (Å²) in [5, 5.41) is 17.9. The van der Waals surface area contributed by atoms with Gasteiger partial charge in [0.2, 0.25) is 5.88 Å². The van der Waals surface area contributed by atoms with Crippen LogP contribution in [-0.2, 0) is 19.2 Å². The van der Waals surface area contributed by atoms with E-state index in [4.69, 9.17) is 4.74 Å². The number of aromatic nitrogens is 4. The lowest BCUT2D eigenvalue weighted by atomic mass is 9.99. The van der Waals surface area contributed by atoms with Crippen LogP contribution in [-0.4, -0.2) is 31.4 Å². The van der Waals surface area contributed by atoms with Gasteiger partial charge in [0.25, 0.3) is 0 Å². The van der Waals surface area contributed by atoms with Gasteiger partial charge in [-0.05, 0) is 24.6 Å². The van der Waals surface area contributed by atoms with Crippen molar-refractivity contribution < 1.29 is 9.84 Å². The smallest absolute Gasteiger partial charge is 0.237 e. The van der Waals surface area contributed by atoms with Crippen LogP contribution in [0.25, 0.3) is 0 Å². The largest absolute Gasteiger partial charge is 0.438 e. The van der Waals surface area contributed by atoms with Crippen molar-refractivity contribution in [3.63, 3.8) is 0 Å². The Labute approximate surface area is 146 Å². The number of hydrogen-bond donors (Lipinski definition) is 2. The lowest BCUT2D eigenvalue weighted by Gasteiger charge is -2.22. The van der Waals surface area contributed by atoms with Crippen LogP contribution >= 0.6 is 0 Å². The van der Waals surface area contributed by atoms with Crippen molar-refractivity contribution in [2.24, 2.45) is 7.05 Å². The van der Waals surface area contributed by atoms with Gasteiger partial charge in [-0.2, -0.15) is 5.10 Å². The van der Waals surface area contributed by atoms with Crippen LogP contribution in [0.4, 0.5) is 0 Å². The van der Waals surface area contributed by atoms with E-state index in [2.05, 4.69) is 20.4 Å². The molecule has 1 aromatic carbocycles. The van der Waals surface area contributed by atoms with E-state index in [1.165, 1.54) is 0 Å². The number of aryl methyl sites for hydroxylation is 1. The highest BCUT2D eigenvalue weighted by atomic mass is 16.5. The Bertz CT molecular complexity index is 800. The fraction of sp³-hybridized carbons (Fsp3) is 0.278. The van der Waals surface area contributed by atoms with E-state index in [9.17, 15) is 5.11 Å². The third-order valence-corrected chi connectivity index (χ3v) is 3.81. The van der Waals surface area contributed by atoms with Crippen molar-refractivity contribution in [2.75, 3.05) is 6.54 Å². The number of benzene rings is 1. The minimum absolute atomic E-state index is 0.427. The van der Waals surface area contributed by atoms with Crippen molar-refractivity contribution in [3.05, 3.63) is 66.4 Å². The molecule has 1 atom stereocenters. The van der Waals surface area contributed by atoms with E-state index < -0.39 is 5.60 Å². The summed E-state index contributed by atoms with van der Waals surface area (Å²) in [6.45, 7) is 2.84. The number of aliphatic hydroxyl groups is 1. The third-order valence-electron chi connectivity index (χ3n) is 3.81. The van der Waals surface area contributed by atoms with Gasteiger partial charge in [0, 0.05) is 44.3 Å². The first-order valence-corrected chi connectivity index (χ1v) is 7.98. The number of rotatable bonds is 7. The van der Waals surface area contributed by atoms with Gasteiger partial charge in [0.05, 0.1) is 12.4 Å². The van der Waals surface area contributed by atoms with E-state index in [1.54, 1.807) is 36.4 Å². The average molecular weight is 339 g/mol. The minimum Gasteiger partial charge on any atom is -0.438 e. The molecule has 0 saturated carbocycles. The Balaban J connectivity index is 1.52. The molecule has 0 fully saturated rings. The van der Waals surface area contributed by atoms with Crippen LogP contribution in [0.3, 0.4) is 0 Å². The molecule has 2 heterocycles. The fourth-order valence-electron chi connectivity index (χ4n) is 2.39. The molecule has 3 rings (SSSR count). The van der Waals surface area contributed by atoms with Gasteiger partial charge in [-0.25, -0.2) is 4.98 Å². The maximum atomic E-state index is 10.5. The van der Waals surface area contributed by atoms with Crippen LogP contribution in [0.2, 0.25) is 0 Å². The van der Waals surface area contributed by atoms with E-state index in [-0.39, 0.29) is 0 Å². The second-order valence-corrected chi connectivity index (χ2v) is 6.07. The summed E-state index contributed by atoms with van der Waals surface area (Å²) in [5.74, 6) is 1.16. The normalized spacial score (nSPS) is 13.4. The van der Waals surface area contributed by atoms with Gasteiger partial charge >= 0.3 is 0 Å². The zero-order valence-corrected chi connectivity index (χ0v) is 14.3. The van der Waals surface area contributed by atoms with Crippen molar-refractivity contribution in [1.82, 2.24) is 25.1 Å². The van der Waals surface area contributed by atoms with Gasteiger partial charge in [0.15, 0.2) is 0 Å². The topological polar surface area (TPSA) is 85.1 Å². The van der Waals surface area contributed by atoms with Crippen LogP contribution in [0.1, 0.15) is 18.1 Å². The van der Waals surface area contributed by atoms with Crippen molar-refractivity contribution in [2.45, 2.75) is 19.1 Å². The number of nitrogens with zero attached hydrogens (tertiary/aromatic N) is 4. The molecule has 25 heavy (non-hydrogen) atoms. The first kappa shape index (κ1) is 17.1. The molecule has 3 aromatic rings. The Hall–Kier alpha value is -2.77. The van der Waals surface area contributed by atoms with E-state index in [0.717, 1.165) is 11.1 Å². The van der Waals surface area contributed by atoms with Crippen molar-refractivity contribution >= 4 is 0 Å². The van der Waals surface area contributed by atoms with Gasteiger partial charge < -0.3 is 15.2 Å². The van der Waals surface area contributed by atoms with E-state index in [1.807, 2.05) is 37.5 Å². The van der Waals surface area contributed by atoms with Crippen LogP contribution < -0.4 is 10.1 Å². The molecule has 7 nitrogen and oxygen atoms in total. The second kappa shape index (κ2) is 7.42. The molecule has 0 spiro atoms. The van der Waals surface area contributed by atoms with Gasteiger partial charge in [-0.1, -0.05) is 12.1 Å². The molecular weight excluding hydrogens is 318 g/mol. The van der Waals surface area contributed by atoms with Crippen molar-refractivity contribution in [3.8, 4) is 11.6 Å². The molecule has 0 saturated heterocycles. The van der Waals surface area contributed by atoms with Crippen LogP contribution in [0, 0.1) is 0 Å². The molecule has 130 valence electrons. The predicted octanol–water partition coefficient (Wildman–Crippen LogP) is 2.00. The molecule has 0 aliphatic rings. The summed E-state index contributed by atoms with van der Waals surface area (Å²) in [6, 6.07) is 7.70. The quantitative estimate of drug-likeness (QED) is 0.685. The molecule has 0 aliphatic carbocycles.